The fourth-order valence-electron chi connectivity index (χ4n) is 4.62. The van der Waals surface area contributed by atoms with Crippen molar-refractivity contribution in [3.63, 3.8) is 0 Å². The Kier molecular flexibility index (Phi) is 3.94. The van der Waals surface area contributed by atoms with E-state index in [0.29, 0.717) is 5.41 Å². The Morgan fingerprint density at radius 1 is 0.632 bits per heavy atom. The SMILES string of the molecule is C.C1=C2CCC=C3CCC=C4CCC=C(CC1)C234.[2HH].[B]. The molecule has 0 atom stereocenters. The van der Waals surface area contributed by atoms with Crippen LogP contribution in [0.25, 0.3) is 0 Å². The average molecular weight is 254 g/mol. The standard InChI is InChI=1S/C17H20.CH4.B.H2/c1-5-13-7-2-9-15-11-4-12-16-10-3-8-14(6-1)17(13,15)16;;;/h5,8-9,12H,1-4,6-7,10-11H2;1H4;;1H/i;;;1+1. The molecule has 101 valence electrons. The second-order valence-electron chi connectivity index (χ2n) is 5.82. The molecule has 1 spiro atoms. The molecular formula is C18H26B. The van der Waals surface area contributed by atoms with E-state index in [1.54, 1.807) is 22.3 Å². The van der Waals surface area contributed by atoms with Crippen molar-refractivity contribution in [1.29, 1.82) is 0 Å². The zero-order valence-corrected chi connectivity index (χ0v) is 11.0. The Morgan fingerprint density at radius 3 is 1.16 bits per heavy atom. The largest absolute Gasteiger partial charge is 0.0835 e. The Bertz CT molecular complexity index is 400. The molecule has 0 saturated heterocycles. The van der Waals surface area contributed by atoms with Crippen LogP contribution in [0, 0.1) is 5.41 Å². The first-order valence-corrected chi connectivity index (χ1v) is 7.20. The molecule has 0 heterocycles. The van der Waals surface area contributed by atoms with Gasteiger partial charge in [0.25, 0.3) is 0 Å². The minimum atomic E-state index is 0. The van der Waals surface area contributed by atoms with Gasteiger partial charge in [-0.05, 0) is 51.4 Å². The molecule has 0 unspecified atom stereocenters. The Balaban J connectivity index is 0.000000667. The van der Waals surface area contributed by atoms with Gasteiger partial charge in [0, 0.05) is 9.84 Å². The molecule has 0 aromatic rings. The van der Waals surface area contributed by atoms with Crippen LogP contribution in [0.15, 0.2) is 46.6 Å². The fourth-order valence-corrected chi connectivity index (χ4v) is 4.62. The first-order chi connectivity index (χ1) is 8.42. The maximum Gasteiger partial charge on any atom is 0.0541 e. The van der Waals surface area contributed by atoms with E-state index >= 15 is 0 Å². The third-order valence-electron chi connectivity index (χ3n) is 5.14. The molecular weight excluding hydrogens is 227 g/mol. The Labute approximate surface area is 121 Å². The van der Waals surface area contributed by atoms with Gasteiger partial charge >= 0.3 is 0 Å². The van der Waals surface area contributed by atoms with Gasteiger partial charge in [0.2, 0.25) is 0 Å². The first kappa shape index (κ1) is 14.4. The summed E-state index contributed by atoms with van der Waals surface area (Å²) in [6.07, 6.45) is 20.6. The predicted molar refractivity (Wildman–Crippen MR) is 86.3 cm³/mol. The number of hydrogen-bond donors (Lipinski definition) is 0. The molecule has 0 bridgehead atoms. The normalized spacial score (nSPS) is 26.1. The Hall–Kier alpha value is -0.975. The van der Waals surface area contributed by atoms with Crippen LogP contribution in [0.3, 0.4) is 0 Å². The zero-order valence-electron chi connectivity index (χ0n) is 11.0. The molecule has 0 fully saturated rings. The summed E-state index contributed by atoms with van der Waals surface area (Å²) in [6.45, 7) is 0. The zero-order chi connectivity index (χ0) is 11.3. The molecule has 0 saturated carbocycles. The highest BCUT2D eigenvalue weighted by atomic mass is 14.5. The number of allylic oxidation sites excluding steroid dienone is 8. The molecule has 19 heavy (non-hydrogen) atoms. The summed E-state index contributed by atoms with van der Waals surface area (Å²) in [5.41, 5.74) is 7.32. The quantitative estimate of drug-likeness (QED) is 0.403. The summed E-state index contributed by atoms with van der Waals surface area (Å²) < 4.78 is 0. The van der Waals surface area contributed by atoms with E-state index in [2.05, 4.69) is 24.3 Å². The van der Waals surface area contributed by atoms with Crippen molar-refractivity contribution in [3.8, 4) is 0 Å². The van der Waals surface area contributed by atoms with E-state index in [4.69, 9.17) is 0 Å². The van der Waals surface area contributed by atoms with Crippen molar-refractivity contribution in [1.82, 2.24) is 0 Å². The van der Waals surface area contributed by atoms with Gasteiger partial charge in [-0.15, -0.1) is 0 Å². The minimum Gasteiger partial charge on any atom is -0.0835 e. The Morgan fingerprint density at radius 2 is 0.895 bits per heavy atom. The second kappa shape index (κ2) is 5.19. The highest BCUT2D eigenvalue weighted by Crippen LogP contribution is 2.61. The summed E-state index contributed by atoms with van der Waals surface area (Å²) in [5.74, 6) is 0. The summed E-state index contributed by atoms with van der Waals surface area (Å²) in [4.78, 5) is 0. The third-order valence-corrected chi connectivity index (χ3v) is 5.14. The van der Waals surface area contributed by atoms with Crippen molar-refractivity contribution in [2.75, 3.05) is 0 Å². The summed E-state index contributed by atoms with van der Waals surface area (Å²) in [5, 5.41) is 0. The van der Waals surface area contributed by atoms with Gasteiger partial charge in [0.1, 0.15) is 0 Å². The molecule has 0 N–H and O–H groups in total. The van der Waals surface area contributed by atoms with Crippen molar-refractivity contribution < 1.29 is 1.43 Å². The molecule has 3 radical (unpaired) electrons. The maximum absolute atomic E-state index is 2.56. The third kappa shape index (κ3) is 1.74. The van der Waals surface area contributed by atoms with Gasteiger partial charge in [-0.3, -0.25) is 0 Å². The van der Waals surface area contributed by atoms with Crippen LogP contribution >= 0.6 is 0 Å². The molecule has 0 nitrogen and oxygen atoms in total. The van der Waals surface area contributed by atoms with Gasteiger partial charge in [0.15, 0.2) is 0 Å². The molecule has 0 aromatic carbocycles. The smallest absolute Gasteiger partial charge is 0.0541 e. The lowest BCUT2D eigenvalue weighted by molar-refractivity contribution is 0.445. The van der Waals surface area contributed by atoms with Crippen LogP contribution in [0.5, 0.6) is 0 Å². The van der Waals surface area contributed by atoms with Crippen molar-refractivity contribution in [2.24, 2.45) is 5.41 Å². The van der Waals surface area contributed by atoms with E-state index in [9.17, 15) is 0 Å². The van der Waals surface area contributed by atoms with Crippen molar-refractivity contribution in [3.05, 3.63) is 46.6 Å². The monoisotopic (exact) mass is 254 g/mol. The highest BCUT2D eigenvalue weighted by Gasteiger charge is 2.48. The fraction of sp³-hybridized carbons (Fsp3) is 0.556. The average Bonchev–Trinajstić information content (AvgIpc) is 2.39. The van der Waals surface area contributed by atoms with E-state index in [1.807, 2.05) is 0 Å². The summed E-state index contributed by atoms with van der Waals surface area (Å²) >= 11 is 0. The lowest BCUT2D eigenvalue weighted by atomic mass is 9.52. The lowest BCUT2D eigenvalue weighted by Gasteiger charge is -2.51. The van der Waals surface area contributed by atoms with Crippen molar-refractivity contribution in [2.45, 2.75) is 58.8 Å². The van der Waals surface area contributed by atoms with Crippen LogP contribution < -0.4 is 0 Å². The van der Waals surface area contributed by atoms with E-state index in [0.717, 1.165) is 0 Å². The summed E-state index contributed by atoms with van der Waals surface area (Å²) in [6, 6.07) is 0. The maximum atomic E-state index is 2.56. The van der Waals surface area contributed by atoms with Crippen LogP contribution in [0.1, 0.15) is 60.2 Å². The first-order valence-electron chi connectivity index (χ1n) is 7.20. The predicted octanol–water partition coefficient (Wildman–Crippen LogP) is 5.35. The molecule has 4 rings (SSSR count). The van der Waals surface area contributed by atoms with Gasteiger partial charge in [-0.25, -0.2) is 0 Å². The van der Waals surface area contributed by atoms with Crippen LogP contribution in [-0.2, 0) is 0 Å². The van der Waals surface area contributed by atoms with E-state index in [1.165, 1.54) is 51.4 Å². The van der Waals surface area contributed by atoms with Gasteiger partial charge in [0.05, 0.1) is 5.41 Å². The second-order valence-corrected chi connectivity index (χ2v) is 5.82. The molecule has 0 aromatic heterocycles. The summed E-state index contributed by atoms with van der Waals surface area (Å²) in [7, 11) is 0. The van der Waals surface area contributed by atoms with Crippen LogP contribution in [-0.4, -0.2) is 8.41 Å². The minimum absolute atomic E-state index is 0. The number of rotatable bonds is 0. The molecule has 4 aliphatic rings. The van der Waals surface area contributed by atoms with Gasteiger partial charge in [-0.1, -0.05) is 54.0 Å². The lowest BCUT2D eigenvalue weighted by Crippen LogP contribution is -2.38. The van der Waals surface area contributed by atoms with E-state index < -0.39 is 0 Å². The topological polar surface area (TPSA) is 0 Å². The molecule has 0 aliphatic heterocycles. The van der Waals surface area contributed by atoms with Crippen LogP contribution in [0.4, 0.5) is 0 Å². The van der Waals surface area contributed by atoms with Gasteiger partial charge in [-0.2, -0.15) is 0 Å². The van der Waals surface area contributed by atoms with Gasteiger partial charge < -0.3 is 0 Å². The molecule has 1 heteroatoms. The van der Waals surface area contributed by atoms with E-state index in [-0.39, 0.29) is 17.3 Å². The number of hydrogen-bond acceptors (Lipinski definition) is 0. The molecule has 4 aliphatic carbocycles. The van der Waals surface area contributed by atoms with Crippen LogP contribution in [0.2, 0.25) is 0 Å². The van der Waals surface area contributed by atoms with Crippen molar-refractivity contribution >= 4 is 8.41 Å². The highest BCUT2D eigenvalue weighted by molar-refractivity contribution is 5.75. The molecule has 0 amide bonds.